The van der Waals surface area contributed by atoms with E-state index in [0.717, 1.165) is 0 Å². The Morgan fingerprint density at radius 1 is 1.22 bits per heavy atom. The van der Waals surface area contributed by atoms with Crippen molar-refractivity contribution in [3.8, 4) is 5.75 Å². The molecule has 0 aliphatic heterocycles. The molecular weight excluding hydrogens is 346 g/mol. The number of benzene rings is 1. The van der Waals surface area contributed by atoms with Crippen LogP contribution in [0, 0.1) is 0 Å². The van der Waals surface area contributed by atoms with Gasteiger partial charge in [0, 0.05) is 0 Å². The average molecular weight is 365 g/mol. The fourth-order valence-corrected chi connectivity index (χ4v) is 3.21. The Kier molecular flexibility index (Phi) is 6.69. The number of rotatable bonds is 8. The Hall–Kier alpha value is -1.49. The third kappa shape index (κ3) is 4.50. The third-order valence-electron chi connectivity index (χ3n) is 3.06. The molecule has 0 aliphatic carbocycles. The van der Waals surface area contributed by atoms with Crippen molar-refractivity contribution < 1.29 is 31.2 Å². The number of carbonyl (C=O) groups excluding carboxylic acids is 1. The molecule has 130 valence electrons. The van der Waals surface area contributed by atoms with E-state index in [4.69, 9.17) is 4.74 Å². The van der Waals surface area contributed by atoms with Crippen LogP contribution >= 0.6 is 0 Å². The normalized spacial score (nSPS) is 13.4. The maximum absolute atomic E-state index is 12.6. The van der Waals surface area contributed by atoms with Crippen LogP contribution in [0.15, 0.2) is 29.2 Å². The molecule has 10 heteroatoms. The number of sulfone groups is 1. The average Bonchev–Trinajstić information content (AvgIpc) is 2.52. The lowest BCUT2D eigenvalue weighted by atomic mass is 10.2. The molecule has 8 nitrogen and oxygen atoms in total. The fourth-order valence-electron chi connectivity index (χ4n) is 1.51. The van der Waals surface area contributed by atoms with Gasteiger partial charge >= 0.3 is 0 Å². The van der Waals surface area contributed by atoms with Gasteiger partial charge in [0.05, 0.1) is 19.1 Å². The number of amides is 1. The molecule has 0 aliphatic rings. The van der Waals surface area contributed by atoms with E-state index in [9.17, 15) is 17.4 Å². The molecule has 1 amide bonds. The lowest BCUT2D eigenvalue weighted by Gasteiger charge is -2.23. The highest BCUT2D eigenvalue weighted by atomic mass is 32.2. The molecule has 1 rings (SSSR count). The van der Waals surface area contributed by atoms with Crippen LogP contribution in [0.1, 0.15) is 13.8 Å². The molecule has 0 radical (unpaired) electrons. The van der Waals surface area contributed by atoms with E-state index in [1.54, 1.807) is 0 Å². The molecule has 0 saturated heterocycles. The summed E-state index contributed by atoms with van der Waals surface area (Å²) in [6.45, 7) is 2.56. The molecule has 0 aromatic heterocycles. The standard InChI is InChI=1S/C13H19NO7S2/c1-13(2,12(15)14-19-3)23(17,18)11-7-5-10(6-8-11)21-9-22(16)20-4/h5-8H,9H2,1-4H3,(H,14,15). The summed E-state index contributed by atoms with van der Waals surface area (Å²) >= 11 is -1.58. The second-order valence-corrected chi connectivity index (χ2v) is 8.53. The molecule has 0 saturated carbocycles. The minimum Gasteiger partial charge on any atom is -0.478 e. The molecule has 1 aromatic rings. The van der Waals surface area contributed by atoms with Gasteiger partial charge in [-0.05, 0) is 38.1 Å². The number of carbonyl (C=O) groups is 1. The molecule has 23 heavy (non-hydrogen) atoms. The van der Waals surface area contributed by atoms with Gasteiger partial charge in [-0.25, -0.2) is 18.1 Å². The number of hydrogen-bond donors (Lipinski definition) is 1. The minimum atomic E-state index is -3.94. The number of hydroxylamine groups is 1. The first-order valence-corrected chi connectivity index (χ1v) is 9.13. The van der Waals surface area contributed by atoms with Crippen molar-refractivity contribution in [2.75, 3.05) is 20.2 Å². The summed E-state index contributed by atoms with van der Waals surface area (Å²) in [6.07, 6.45) is 0. The number of ether oxygens (including phenoxy) is 1. The minimum absolute atomic E-state index is 0.0473. The lowest BCUT2D eigenvalue weighted by Crippen LogP contribution is -2.47. The van der Waals surface area contributed by atoms with Gasteiger partial charge in [0.1, 0.15) is 5.75 Å². The summed E-state index contributed by atoms with van der Waals surface area (Å²) in [5.74, 6) is -0.631. The summed E-state index contributed by atoms with van der Waals surface area (Å²) in [4.78, 5) is 16.3. The van der Waals surface area contributed by atoms with E-state index < -0.39 is 31.6 Å². The second-order valence-electron chi connectivity index (χ2n) is 4.85. The smallest absolute Gasteiger partial charge is 0.264 e. The van der Waals surface area contributed by atoms with Crippen LogP contribution < -0.4 is 10.2 Å². The topological polar surface area (TPSA) is 108 Å². The highest BCUT2D eigenvalue weighted by Crippen LogP contribution is 2.27. The van der Waals surface area contributed by atoms with Crippen molar-refractivity contribution in [3.63, 3.8) is 0 Å². The van der Waals surface area contributed by atoms with Gasteiger partial charge in [0.2, 0.25) is 0 Å². The van der Waals surface area contributed by atoms with Crippen molar-refractivity contribution in [1.29, 1.82) is 0 Å². The summed E-state index contributed by atoms with van der Waals surface area (Å²) < 4.78 is 44.2. The Morgan fingerprint density at radius 2 is 1.78 bits per heavy atom. The van der Waals surface area contributed by atoms with Gasteiger partial charge in [0.15, 0.2) is 31.6 Å². The van der Waals surface area contributed by atoms with Gasteiger partial charge in [-0.15, -0.1) is 0 Å². The SMILES string of the molecule is CONC(=O)C(C)(C)S(=O)(=O)c1ccc(OCS(=O)OC)cc1. The van der Waals surface area contributed by atoms with Crippen molar-refractivity contribution in [2.45, 2.75) is 23.5 Å². The quantitative estimate of drug-likeness (QED) is 0.671. The van der Waals surface area contributed by atoms with Crippen molar-refractivity contribution in [2.24, 2.45) is 0 Å². The Labute approximate surface area is 137 Å². The summed E-state index contributed by atoms with van der Waals surface area (Å²) in [5.41, 5.74) is 2.02. The Bertz CT molecular complexity index is 668. The zero-order valence-electron chi connectivity index (χ0n) is 13.2. The van der Waals surface area contributed by atoms with E-state index in [1.807, 2.05) is 5.48 Å². The van der Waals surface area contributed by atoms with E-state index in [-0.39, 0.29) is 10.8 Å². The monoisotopic (exact) mass is 365 g/mol. The zero-order chi connectivity index (χ0) is 17.7. The molecule has 0 fully saturated rings. The van der Waals surface area contributed by atoms with Gasteiger partial charge in [0.25, 0.3) is 5.91 Å². The Balaban J connectivity index is 2.97. The van der Waals surface area contributed by atoms with Crippen LogP contribution in [-0.2, 0) is 34.7 Å². The van der Waals surface area contributed by atoms with Crippen LogP contribution in [-0.4, -0.2) is 43.4 Å². The number of nitrogens with one attached hydrogen (secondary N) is 1. The molecule has 0 heterocycles. The molecule has 1 unspecified atom stereocenters. The van der Waals surface area contributed by atoms with Gasteiger partial charge in [-0.1, -0.05) is 0 Å². The second kappa shape index (κ2) is 7.86. The van der Waals surface area contributed by atoms with Crippen molar-refractivity contribution in [1.82, 2.24) is 5.48 Å². The predicted molar refractivity (Wildman–Crippen MR) is 83.5 cm³/mol. The fraction of sp³-hybridized carbons (Fsp3) is 0.462. The first-order valence-electron chi connectivity index (χ1n) is 6.40. The third-order valence-corrected chi connectivity index (χ3v) is 6.16. The van der Waals surface area contributed by atoms with E-state index in [0.29, 0.717) is 5.75 Å². The zero-order valence-corrected chi connectivity index (χ0v) is 14.8. The molecule has 1 N–H and O–H groups in total. The first kappa shape index (κ1) is 19.6. The van der Waals surface area contributed by atoms with Gasteiger partial charge in [-0.3, -0.25) is 13.8 Å². The van der Waals surface area contributed by atoms with Crippen LogP contribution in [0.25, 0.3) is 0 Å². The van der Waals surface area contributed by atoms with Crippen molar-refractivity contribution >= 4 is 26.8 Å². The molecule has 0 bridgehead atoms. The van der Waals surface area contributed by atoms with Crippen LogP contribution in [0.4, 0.5) is 0 Å². The van der Waals surface area contributed by atoms with E-state index in [1.165, 1.54) is 52.3 Å². The molecule has 0 spiro atoms. The highest BCUT2D eigenvalue weighted by molar-refractivity contribution is 7.93. The molecule has 1 atom stereocenters. The molecule has 1 aromatic carbocycles. The van der Waals surface area contributed by atoms with E-state index in [2.05, 4.69) is 9.02 Å². The summed E-state index contributed by atoms with van der Waals surface area (Å²) in [5, 5.41) is 0. The first-order chi connectivity index (χ1) is 10.7. The maximum Gasteiger partial charge on any atom is 0.264 e. The van der Waals surface area contributed by atoms with Crippen LogP contribution in [0.5, 0.6) is 5.75 Å². The summed E-state index contributed by atoms with van der Waals surface area (Å²) in [6, 6.07) is 5.43. The maximum atomic E-state index is 12.6. The molecular formula is C13H19NO7S2. The largest absolute Gasteiger partial charge is 0.478 e. The van der Waals surface area contributed by atoms with E-state index >= 15 is 0 Å². The van der Waals surface area contributed by atoms with Crippen molar-refractivity contribution in [3.05, 3.63) is 24.3 Å². The lowest BCUT2D eigenvalue weighted by molar-refractivity contribution is -0.133. The summed E-state index contributed by atoms with van der Waals surface area (Å²) in [7, 11) is -1.45. The van der Waals surface area contributed by atoms with Gasteiger partial charge in [-0.2, -0.15) is 0 Å². The van der Waals surface area contributed by atoms with Gasteiger partial charge < -0.3 is 4.74 Å². The predicted octanol–water partition coefficient (Wildman–Crippen LogP) is 0.563. The van der Waals surface area contributed by atoms with Crippen LogP contribution in [0.3, 0.4) is 0 Å². The van der Waals surface area contributed by atoms with Crippen LogP contribution in [0.2, 0.25) is 0 Å². The Morgan fingerprint density at radius 3 is 2.26 bits per heavy atom. The number of hydrogen-bond acceptors (Lipinski definition) is 7. The highest BCUT2D eigenvalue weighted by Gasteiger charge is 2.43.